The molecule has 0 bridgehead atoms. The van der Waals surface area contributed by atoms with Crippen LogP contribution < -0.4 is 0 Å². The van der Waals surface area contributed by atoms with Gasteiger partial charge >= 0.3 is 0 Å². The Labute approximate surface area is 111 Å². The quantitative estimate of drug-likeness (QED) is 0.830. The van der Waals surface area contributed by atoms with Gasteiger partial charge in [-0.05, 0) is 18.7 Å². The lowest BCUT2D eigenvalue weighted by Crippen LogP contribution is -2.47. The summed E-state index contributed by atoms with van der Waals surface area (Å²) in [6.45, 7) is 3.64. The molecule has 1 saturated heterocycles. The van der Waals surface area contributed by atoms with Crippen molar-refractivity contribution in [1.29, 1.82) is 0 Å². The van der Waals surface area contributed by atoms with Crippen LogP contribution in [0.4, 0.5) is 0 Å². The van der Waals surface area contributed by atoms with Crippen molar-refractivity contribution >= 4 is 21.8 Å². The van der Waals surface area contributed by atoms with Gasteiger partial charge in [0.1, 0.15) is 0 Å². The number of benzene rings is 1. The minimum Gasteiger partial charge on any atom is -0.340 e. The highest BCUT2D eigenvalue weighted by molar-refractivity contribution is 9.10. The van der Waals surface area contributed by atoms with E-state index in [9.17, 15) is 4.79 Å². The summed E-state index contributed by atoms with van der Waals surface area (Å²) in [5.74, 6) is 0.227. The van der Waals surface area contributed by atoms with Gasteiger partial charge in [-0.2, -0.15) is 0 Å². The van der Waals surface area contributed by atoms with Crippen LogP contribution in [0.5, 0.6) is 0 Å². The second-order valence-corrected chi connectivity index (χ2v) is 5.31. The number of amides is 1. The first-order valence-corrected chi connectivity index (χ1v) is 6.66. The standard InChI is InChI=1S/C13H17BrN2O/c1-15-6-8-16(9-7-15)13(17)10-11-4-2-3-5-12(11)14/h2-5H,6-10H2,1H3. The highest BCUT2D eigenvalue weighted by atomic mass is 79.9. The fraction of sp³-hybridized carbons (Fsp3) is 0.462. The zero-order chi connectivity index (χ0) is 12.3. The number of hydrogen-bond acceptors (Lipinski definition) is 2. The summed E-state index contributed by atoms with van der Waals surface area (Å²) >= 11 is 3.48. The molecule has 0 aliphatic carbocycles. The van der Waals surface area contributed by atoms with E-state index in [1.54, 1.807) is 0 Å². The van der Waals surface area contributed by atoms with E-state index in [4.69, 9.17) is 0 Å². The van der Waals surface area contributed by atoms with Crippen molar-refractivity contribution in [3.8, 4) is 0 Å². The van der Waals surface area contributed by atoms with E-state index in [-0.39, 0.29) is 5.91 Å². The maximum absolute atomic E-state index is 12.1. The molecule has 1 aliphatic rings. The lowest BCUT2D eigenvalue weighted by molar-refractivity contribution is -0.132. The Balaban J connectivity index is 1.95. The van der Waals surface area contributed by atoms with Crippen LogP contribution in [0.1, 0.15) is 5.56 Å². The monoisotopic (exact) mass is 296 g/mol. The third kappa shape index (κ3) is 3.30. The number of likely N-dealkylation sites (N-methyl/N-ethyl adjacent to an activating group) is 1. The molecule has 2 rings (SSSR count). The number of piperazine rings is 1. The van der Waals surface area contributed by atoms with Gasteiger partial charge in [-0.15, -0.1) is 0 Å². The van der Waals surface area contributed by atoms with Crippen LogP contribution in [0.15, 0.2) is 28.7 Å². The largest absolute Gasteiger partial charge is 0.340 e. The predicted octanol–water partition coefficient (Wildman–Crippen LogP) is 1.77. The number of carbonyl (C=O) groups excluding carboxylic acids is 1. The average molecular weight is 297 g/mol. The van der Waals surface area contributed by atoms with Gasteiger partial charge in [0.15, 0.2) is 0 Å². The molecule has 0 radical (unpaired) electrons. The first-order valence-electron chi connectivity index (χ1n) is 5.86. The van der Waals surface area contributed by atoms with Crippen LogP contribution >= 0.6 is 15.9 Å². The zero-order valence-electron chi connectivity index (χ0n) is 10.0. The molecule has 4 heteroatoms. The van der Waals surface area contributed by atoms with Crippen LogP contribution in [-0.2, 0) is 11.2 Å². The lowest BCUT2D eigenvalue weighted by atomic mass is 10.1. The van der Waals surface area contributed by atoms with Crippen LogP contribution in [0.25, 0.3) is 0 Å². The van der Waals surface area contributed by atoms with E-state index in [0.29, 0.717) is 6.42 Å². The maximum Gasteiger partial charge on any atom is 0.227 e. The van der Waals surface area contributed by atoms with Crippen molar-refractivity contribution in [2.45, 2.75) is 6.42 Å². The van der Waals surface area contributed by atoms with Crippen LogP contribution in [0.3, 0.4) is 0 Å². The molecule has 1 amide bonds. The van der Waals surface area contributed by atoms with Gasteiger partial charge in [0.25, 0.3) is 0 Å². The molecule has 1 heterocycles. The average Bonchev–Trinajstić information content (AvgIpc) is 2.33. The van der Waals surface area contributed by atoms with Crippen molar-refractivity contribution in [1.82, 2.24) is 9.80 Å². The Morgan fingerprint density at radius 1 is 1.24 bits per heavy atom. The summed E-state index contributed by atoms with van der Waals surface area (Å²) in [6.07, 6.45) is 0.491. The maximum atomic E-state index is 12.1. The van der Waals surface area contributed by atoms with E-state index >= 15 is 0 Å². The van der Waals surface area contributed by atoms with Gasteiger partial charge in [-0.25, -0.2) is 0 Å². The highest BCUT2D eigenvalue weighted by Gasteiger charge is 2.19. The second kappa shape index (κ2) is 5.65. The number of nitrogens with zero attached hydrogens (tertiary/aromatic N) is 2. The molecular weight excluding hydrogens is 280 g/mol. The van der Waals surface area contributed by atoms with Crippen LogP contribution in [-0.4, -0.2) is 48.9 Å². The van der Waals surface area contributed by atoms with Gasteiger partial charge in [0, 0.05) is 30.7 Å². The van der Waals surface area contributed by atoms with Crippen molar-refractivity contribution in [3.05, 3.63) is 34.3 Å². The molecule has 92 valence electrons. The number of hydrogen-bond donors (Lipinski definition) is 0. The Bertz CT molecular complexity index is 400. The SMILES string of the molecule is CN1CCN(C(=O)Cc2ccccc2Br)CC1. The Hall–Kier alpha value is -0.870. The van der Waals surface area contributed by atoms with E-state index in [1.165, 1.54) is 0 Å². The molecule has 1 aromatic rings. The first kappa shape index (κ1) is 12.6. The fourth-order valence-corrected chi connectivity index (χ4v) is 2.40. The molecule has 0 saturated carbocycles. The van der Waals surface area contributed by atoms with Crippen LogP contribution in [0, 0.1) is 0 Å². The molecule has 1 aromatic carbocycles. The zero-order valence-corrected chi connectivity index (χ0v) is 11.6. The van der Waals surface area contributed by atoms with Gasteiger partial charge in [0.05, 0.1) is 6.42 Å². The minimum atomic E-state index is 0.227. The van der Waals surface area contributed by atoms with Gasteiger partial charge in [0.2, 0.25) is 5.91 Å². The predicted molar refractivity (Wildman–Crippen MR) is 71.9 cm³/mol. The van der Waals surface area contributed by atoms with Crippen LogP contribution in [0.2, 0.25) is 0 Å². The summed E-state index contributed by atoms with van der Waals surface area (Å²) in [4.78, 5) is 16.3. The van der Waals surface area contributed by atoms with E-state index in [1.807, 2.05) is 29.2 Å². The fourth-order valence-electron chi connectivity index (χ4n) is 1.97. The topological polar surface area (TPSA) is 23.6 Å². The minimum absolute atomic E-state index is 0.227. The molecule has 0 spiro atoms. The highest BCUT2D eigenvalue weighted by Crippen LogP contribution is 2.17. The molecular formula is C13H17BrN2O. The smallest absolute Gasteiger partial charge is 0.227 e. The Morgan fingerprint density at radius 3 is 2.53 bits per heavy atom. The summed E-state index contributed by atoms with van der Waals surface area (Å²) in [7, 11) is 2.09. The van der Waals surface area contributed by atoms with E-state index < -0.39 is 0 Å². The first-order chi connectivity index (χ1) is 8.16. The Kier molecular flexibility index (Phi) is 4.18. The van der Waals surface area contributed by atoms with E-state index in [0.717, 1.165) is 36.2 Å². The van der Waals surface area contributed by atoms with E-state index in [2.05, 4.69) is 27.9 Å². The molecule has 0 atom stereocenters. The summed E-state index contributed by atoms with van der Waals surface area (Å²) in [5.41, 5.74) is 1.07. The molecule has 0 N–H and O–H groups in total. The summed E-state index contributed by atoms with van der Waals surface area (Å²) < 4.78 is 1.02. The third-order valence-corrected chi connectivity index (χ3v) is 3.93. The normalized spacial score (nSPS) is 17.2. The molecule has 17 heavy (non-hydrogen) atoms. The van der Waals surface area contributed by atoms with Crippen molar-refractivity contribution in [2.75, 3.05) is 33.2 Å². The lowest BCUT2D eigenvalue weighted by Gasteiger charge is -2.32. The van der Waals surface area contributed by atoms with Gasteiger partial charge in [-0.3, -0.25) is 4.79 Å². The van der Waals surface area contributed by atoms with Crippen molar-refractivity contribution < 1.29 is 4.79 Å². The van der Waals surface area contributed by atoms with Gasteiger partial charge < -0.3 is 9.80 Å². The molecule has 3 nitrogen and oxygen atoms in total. The summed E-state index contributed by atoms with van der Waals surface area (Å²) in [5, 5.41) is 0. The molecule has 1 aliphatic heterocycles. The van der Waals surface area contributed by atoms with Gasteiger partial charge in [-0.1, -0.05) is 34.1 Å². The summed E-state index contributed by atoms with van der Waals surface area (Å²) in [6, 6.07) is 7.91. The van der Waals surface area contributed by atoms with Crippen molar-refractivity contribution in [3.63, 3.8) is 0 Å². The Morgan fingerprint density at radius 2 is 1.88 bits per heavy atom. The number of rotatable bonds is 2. The molecule has 1 fully saturated rings. The molecule has 0 aromatic heterocycles. The van der Waals surface area contributed by atoms with Crippen molar-refractivity contribution in [2.24, 2.45) is 0 Å². The number of carbonyl (C=O) groups is 1. The second-order valence-electron chi connectivity index (χ2n) is 4.45. The number of halogens is 1. The third-order valence-electron chi connectivity index (χ3n) is 3.16. The molecule has 0 unspecified atom stereocenters.